The molecule has 2 fully saturated rings. The summed E-state index contributed by atoms with van der Waals surface area (Å²) >= 11 is 0. The maximum Gasteiger partial charge on any atom is 0.254 e. The lowest BCUT2D eigenvalue weighted by Gasteiger charge is -2.29. The minimum atomic E-state index is -0.285. The van der Waals surface area contributed by atoms with Crippen molar-refractivity contribution in [1.82, 2.24) is 20.4 Å². The van der Waals surface area contributed by atoms with Crippen molar-refractivity contribution in [3.8, 4) is 5.69 Å². The maximum absolute atomic E-state index is 13.1. The Hall–Kier alpha value is -2.21. The van der Waals surface area contributed by atoms with Gasteiger partial charge in [-0.05, 0) is 56.4 Å². The van der Waals surface area contributed by atoms with E-state index in [2.05, 4.69) is 15.7 Å². The zero-order chi connectivity index (χ0) is 17.4. The van der Waals surface area contributed by atoms with Gasteiger partial charge in [-0.3, -0.25) is 4.79 Å². The van der Waals surface area contributed by atoms with Crippen LogP contribution in [0, 0.1) is 5.82 Å². The van der Waals surface area contributed by atoms with E-state index in [0.717, 1.165) is 24.2 Å². The van der Waals surface area contributed by atoms with E-state index in [-0.39, 0.29) is 17.8 Å². The van der Waals surface area contributed by atoms with Crippen molar-refractivity contribution in [2.45, 2.75) is 57.2 Å². The second-order valence-corrected chi connectivity index (χ2v) is 7.03. The van der Waals surface area contributed by atoms with Crippen LogP contribution in [0.3, 0.4) is 0 Å². The fraction of sp³-hybridized carbons (Fsp3) is 0.474. The van der Waals surface area contributed by atoms with Crippen LogP contribution in [-0.4, -0.2) is 33.8 Å². The van der Waals surface area contributed by atoms with Crippen molar-refractivity contribution in [3.05, 3.63) is 47.5 Å². The molecule has 2 atom stereocenters. The number of benzene rings is 1. The van der Waals surface area contributed by atoms with Gasteiger partial charge in [0.1, 0.15) is 5.82 Å². The van der Waals surface area contributed by atoms with Gasteiger partial charge < -0.3 is 10.6 Å². The molecule has 25 heavy (non-hydrogen) atoms. The molecule has 2 aliphatic rings. The van der Waals surface area contributed by atoms with Crippen LogP contribution in [0.1, 0.15) is 48.7 Å². The van der Waals surface area contributed by atoms with Crippen molar-refractivity contribution in [3.63, 3.8) is 0 Å². The standard InChI is InChI=1S/C19H23FN4O/c1-2-18-17(11-21-24(18)16-7-3-12(20)4-8-16)19(25)23-15-9-13-5-6-14(10-15)22-13/h3-4,7-8,11,13-15,22H,2,5-6,9-10H2,1H3,(H,23,25). The van der Waals surface area contributed by atoms with Crippen LogP contribution < -0.4 is 10.6 Å². The lowest BCUT2D eigenvalue weighted by Crippen LogP contribution is -2.48. The molecule has 2 aromatic rings. The Morgan fingerprint density at radius 1 is 1.28 bits per heavy atom. The number of carbonyl (C=O) groups is 1. The Kier molecular flexibility index (Phi) is 4.29. The van der Waals surface area contributed by atoms with E-state index in [4.69, 9.17) is 0 Å². The van der Waals surface area contributed by atoms with Crippen LogP contribution in [0.4, 0.5) is 4.39 Å². The molecule has 3 heterocycles. The number of carbonyl (C=O) groups excluding carboxylic acids is 1. The Morgan fingerprint density at radius 3 is 2.60 bits per heavy atom. The summed E-state index contributed by atoms with van der Waals surface area (Å²) in [5, 5.41) is 11.1. The Balaban J connectivity index is 1.53. The van der Waals surface area contributed by atoms with Crippen molar-refractivity contribution in [1.29, 1.82) is 0 Å². The molecule has 2 saturated heterocycles. The van der Waals surface area contributed by atoms with Crippen LogP contribution in [0.15, 0.2) is 30.5 Å². The highest BCUT2D eigenvalue weighted by atomic mass is 19.1. The lowest BCUT2D eigenvalue weighted by molar-refractivity contribution is 0.0923. The van der Waals surface area contributed by atoms with Gasteiger partial charge in [-0.2, -0.15) is 5.10 Å². The van der Waals surface area contributed by atoms with E-state index >= 15 is 0 Å². The Bertz CT molecular complexity index is 758. The highest BCUT2D eigenvalue weighted by Gasteiger charge is 2.34. The molecule has 1 aromatic carbocycles. The number of halogens is 1. The van der Waals surface area contributed by atoms with Crippen LogP contribution in [0.5, 0.6) is 0 Å². The minimum Gasteiger partial charge on any atom is -0.349 e. The quantitative estimate of drug-likeness (QED) is 0.898. The molecular formula is C19H23FN4O. The number of nitrogens with one attached hydrogen (secondary N) is 2. The third kappa shape index (κ3) is 3.18. The largest absolute Gasteiger partial charge is 0.349 e. The SMILES string of the molecule is CCc1c(C(=O)NC2CC3CCC(C2)N3)cnn1-c1ccc(F)cc1. The minimum absolute atomic E-state index is 0.0588. The fourth-order valence-corrected chi connectivity index (χ4v) is 4.15. The Morgan fingerprint density at radius 2 is 1.96 bits per heavy atom. The summed E-state index contributed by atoms with van der Waals surface area (Å²) in [5.74, 6) is -0.344. The molecule has 0 aliphatic carbocycles. The summed E-state index contributed by atoms with van der Waals surface area (Å²) in [7, 11) is 0. The second-order valence-electron chi connectivity index (χ2n) is 7.03. The molecule has 2 bridgehead atoms. The summed E-state index contributed by atoms with van der Waals surface area (Å²) in [5.41, 5.74) is 2.22. The van der Waals surface area contributed by atoms with E-state index in [9.17, 15) is 9.18 Å². The van der Waals surface area contributed by atoms with Gasteiger partial charge in [-0.1, -0.05) is 6.92 Å². The van der Waals surface area contributed by atoms with Crippen molar-refractivity contribution >= 4 is 5.91 Å². The molecule has 0 radical (unpaired) electrons. The van der Waals surface area contributed by atoms with E-state index in [1.807, 2.05) is 6.92 Å². The zero-order valence-electron chi connectivity index (χ0n) is 14.3. The number of piperidine rings is 1. The molecule has 2 unspecified atom stereocenters. The van der Waals surface area contributed by atoms with Gasteiger partial charge in [0.15, 0.2) is 0 Å². The average molecular weight is 342 g/mol. The number of fused-ring (bicyclic) bond motifs is 2. The van der Waals surface area contributed by atoms with Gasteiger partial charge in [-0.25, -0.2) is 9.07 Å². The van der Waals surface area contributed by atoms with Gasteiger partial charge in [-0.15, -0.1) is 0 Å². The third-order valence-electron chi connectivity index (χ3n) is 5.33. The zero-order valence-corrected chi connectivity index (χ0v) is 14.3. The van der Waals surface area contributed by atoms with Crippen LogP contribution in [0.25, 0.3) is 5.69 Å². The van der Waals surface area contributed by atoms with Crippen LogP contribution in [0.2, 0.25) is 0 Å². The molecular weight excluding hydrogens is 319 g/mol. The number of hydrogen-bond donors (Lipinski definition) is 2. The molecule has 132 valence electrons. The topological polar surface area (TPSA) is 59.0 Å². The number of rotatable bonds is 4. The lowest BCUT2D eigenvalue weighted by atomic mass is 9.99. The first-order chi connectivity index (χ1) is 12.1. The van der Waals surface area contributed by atoms with E-state index in [0.29, 0.717) is 24.1 Å². The van der Waals surface area contributed by atoms with E-state index in [1.165, 1.54) is 25.0 Å². The van der Waals surface area contributed by atoms with Gasteiger partial charge in [0.25, 0.3) is 5.91 Å². The molecule has 1 amide bonds. The molecule has 2 aliphatic heterocycles. The van der Waals surface area contributed by atoms with Gasteiger partial charge >= 0.3 is 0 Å². The maximum atomic E-state index is 13.1. The molecule has 4 rings (SSSR count). The summed E-state index contributed by atoms with van der Waals surface area (Å²) in [6.45, 7) is 2.00. The first-order valence-corrected chi connectivity index (χ1v) is 9.03. The number of aromatic nitrogens is 2. The smallest absolute Gasteiger partial charge is 0.254 e. The summed E-state index contributed by atoms with van der Waals surface area (Å²) in [6.07, 6.45) is 6.70. The van der Waals surface area contributed by atoms with Crippen LogP contribution in [-0.2, 0) is 6.42 Å². The molecule has 0 saturated carbocycles. The number of hydrogen-bond acceptors (Lipinski definition) is 3. The normalized spacial score (nSPS) is 25.1. The predicted molar refractivity (Wildman–Crippen MR) is 93.3 cm³/mol. The summed E-state index contributed by atoms with van der Waals surface area (Å²) in [4.78, 5) is 12.8. The van der Waals surface area contributed by atoms with Gasteiger partial charge in [0.2, 0.25) is 0 Å². The van der Waals surface area contributed by atoms with Gasteiger partial charge in [0, 0.05) is 18.1 Å². The van der Waals surface area contributed by atoms with Crippen LogP contribution >= 0.6 is 0 Å². The second kappa shape index (κ2) is 6.59. The molecule has 1 aromatic heterocycles. The molecule has 2 N–H and O–H groups in total. The highest BCUT2D eigenvalue weighted by molar-refractivity contribution is 5.95. The number of nitrogens with zero attached hydrogens (tertiary/aromatic N) is 2. The summed E-state index contributed by atoms with van der Waals surface area (Å²) in [6, 6.07) is 7.46. The molecule has 0 spiro atoms. The Labute approximate surface area is 146 Å². The molecule has 6 heteroatoms. The third-order valence-corrected chi connectivity index (χ3v) is 5.33. The average Bonchev–Trinajstić information content (AvgIpc) is 3.18. The van der Waals surface area contributed by atoms with Crippen molar-refractivity contribution in [2.75, 3.05) is 0 Å². The number of amides is 1. The van der Waals surface area contributed by atoms with E-state index in [1.54, 1.807) is 23.0 Å². The first-order valence-electron chi connectivity index (χ1n) is 9.03. The molecule has 5 nitrogen and oxygen atoms in total. The fourth-order valence-electron chi connectivity index (χ4n) is 4.15. The van der Waals surface area contributed by atoms with E-state index < -0.39 is 0 Å². The van der Waals surface area contributed by atoms with Crippen molar-refractivity contribution in [2.24, 2.45) is 0 Å². The van der Waals surface area contributed by atoms with Gasteiger partial charge in [0.05, 0.1) is 23.1 Å². The first kappa shape index (κ1) is 16.3. The summed E-state index contributed by atoms with van der Waals surface area (Å²) < 4.78 is 14.9. The van der Waals surface area contributed by atoms with Crippen molar-refractivity contribution < 1.29 is 9.18 Å². The predicted octanol–water partition coefficient (Wildman–Crippen LogP) is 2.59. The highest BCUT2D eigenvalue weighted by Crippen LogP contribution is 2.27. The monoisotopic (exact) mass is 342 g/mol.